The molecule has 4 rings (SSSR count). The predicted molar refractivity (Wildman–Crippen MR) is 116 cm³/mol. The average Bonchev–Trinajstić information content (AvgIpc) is 3.49. The van der Waals surface area contributed by atoms with Crippen molar-refractivity contribution in [3.63, 3.8) is 0 Å². The summed E-state index contributed by atoms with van der Waals surface area (Å²) in [6.07, 6.45) is 7.21. The maximum atomic E-state index is 12.6. The van der Waals surface area contributed by atoms with E-state index in [9.17, 15) is 9.59 Å². The molecule has 1 saturated heterocycles. The van der Waals surface area contributed by atoms with Crippen LogP contribution in [0, 0.1) is 5.92 Å². The molecular formula is C23H25N5O4. The molecule has 1 fully saturated rings. The molecule has 1 aliphatic heterocycles. The smallest absolute Gasteiger partial charge is 0.356 e. The van der Waals surface area contributed by atoms with Gasteiger partial charge in [0.25, 0.3) is 0 Å². The summed E-state index contributed by atoms with van der Waals surface area (Å²) in [5.41, 5.74) is 1.67. The summed E-state index contributed by atoms with van der Waals surface area (Å²) in [5, 5.41) is 12.8. The summed E-state index contributed by atoms with van der Waals surface area (Å²) in [6.45, 7) is 3.31. The van der Waals surface area contributed by atoms with E-state index in [1.54, 1.807) is 11.1 Å². The lowest BCUT2D eigenvalue weighted by atomic mass is 9.99. The van der Waals surface area contributed by atoms with Crippen LogP contribution >= 0.6 is 0 Å². The Labute approximate surface area is 185 Å². The van der Waals surface area contributed by atoms with E-state index >= 15 is 0 Å². The number of aromatic carboxylic acids is 1. The van der Waals surface area contributed by atoms with Crippen LogP contribution in [0.25, 0.3) is 11.3 Å². The topological polar surface area (TPSA) is 110 Å². The number of likely N-dealkylation sites (tertiary alicyclic amines) is 1. The molecule has 0 aliphatic carbocycles. The van der Waals surface area contributed by atoms with Crippen molar-refractivity contribution in [2.24, 2.45) is 5.92 Å². The summed E-state index contributed by atoms with van der Waals surface area (Å²) >= 11 is 0. The fourth-order valence-electron chi connectivity index (χ4n) is 3.94. The van der Waals surface area contributed by atoms with Crippen LogP contribution in [0.4, 0.5) is 4.79 Å². The number of carboxylic acids is 1. The summed E-state index contributed by atoms with van der Waals surface area (Å²) in [6, 6.07) is 10.7. The molecule has 32 heavy (non-hydrogen) atoms. The van der Waals surface area contributed by atoms with E-state index in [2.05, 4.69) is 22.0 Å². The number of rotatable bonds is 7. The van der Waals surface area contributed by atoms with Gasteiger partial charge in [-0.25, -0.2) is 19.6 Å². The highest BCUT2D eigenvalue weighted by Crippen LogP contribution is 2.27. The van der Waals surface area contributed by atoms with Gasteiger partial charge in [-0.2, -0.15) is 9.78 Å². The largest absolute Gasteiger partial charge is 0.490 e. The number of benzene rings is 1. The van der Waals surface area contributed by atoms with E-state index in [1.807, 2.05) is 30.3 Å². The van der Waals surface area contributed by atoms with Crippen molar-refractivity contribution in [2.75, 3.05) is 13.1 Å². The Bertz CT molecular complexity index is 1080. The van der Waals surface area contributed by atoms with Gasteiger partial charge in [-0.3, -0.25) is 0 Å². The van der Waals surface area contributed by atoms with E-state index in [-0.39, 0.29) is 17.8 Å². The second kappa shape index (κ2) is 9.59. The lowest BCUT2D eigenvalue weighted by Crippen LogP contribution is -2.33. The Morgan fingerprint density at radius 1 is 1.28 bits per heavy atom. The van der Waals surface area contributed by atoms with E-state index in [0.717, 1.165) is 41.0 Å². The van der Waals surface area contributed by atoms with Crippen LogP contribution in [0.15, 0.2) is 55.1 Å². The number of aromatic nitrogens is 4. The molecule has 1 N–H and O–H groups in total. The van der Waals surface area contributed by atoms with Crippen LogP contribution < -0.4 is 4.74 Å². The van der Waals surface area contributed by atoms with E-state index in [0.29, 0.717) is 19.0 Å². The molecule has 9 nitrogen and oxygen atoms in total. The normalized spacial score (nSPS) is 16.7. The van der Waals surface area contributed by atoms with Crippen LogP contribution in [0.2, 0.25) is 0 Å². The maximum Gasteiger partial charge on any atom is 0.356 e. The van der Waals surface area contributed by atoms with E-state index < -0.39 is 5.97 Å². The third-order valence-electron chi connectivity index (χ3n) is 5.63. The first-order valence-electron chi connectivity index (χ1n) is 10.6. The molecule has 166 valence electrons. The number of hydrogen-bond donors (Lipinski definition) is 1. The summed E-state index contributed by atoms with van der Waals surface area (Å²) in [7, 11) is 0. The van der Waals surface area contributed by atoms with Gasteiger partial charge in [-0.05, 0) is 49.4 Å². The van der Waals surface area contributed by atoms with Gasteiger partial charge in [-0.1, -0.05) is 19.1 Å². The minimum atomic E-state index is -1.15. The number of carbonyl (C=O) groups excluding carboxylic acids is 1. The van der Waals surface area contributed by atoms with E-state index in [1.165, 1.54) is 18.6 Å². The van der Waals surface area contributed by atoms with Gasteiger partial charge in [0.15, 0.2) is 5.69 Å². The molecule has 2 atom stereocenters. The Balaban J connectivity index is 1.35. The third-order valence-corrected chi connectivity index (χ3v) is 5.63. The van der Waals surface area contributed by atoms with Crippen molar-refractivity contribution >= 4 is 12.0 Å². The van der Waals surface area contributed by atoms with Crippen molar-refractivity contribution in [3.05, 3.63) is 60.8 Å². The summed E-state index contributed by atoms with van der Waals surface area (Å²) in [5.74, 6) is -0.0531. The van der Waals surface area contributed by atoms with Crippen LogP contribution in [0.3, 0.4) is 0 Å². The number of ether oxygens (including phenoxy) is 1. The minimum absolute atomic E-state index is 0.0269. The Kier molecular flexibility index (Phi) is 6.44. The first-order valence-corrected chi connectivity index (χ1v) is 10.6. The fourth-order valence-corrected chi connectivity index (χ4v) is 3.94. The molecule has 1 amide bonds. The highest BCUT2D eigenvalue weighted by molar-refractivity contribution is 5.86. The standard InChI is InChI=1S/C23H25N5O4/c1-2-18(32-19-5-3-4-17(13-19)20-6-9-24-15-25-20)12-16-7-10-27(14-16)23(31)28-11-8-21(26-28)22(29)30/h3-6,8-9,11,13,15-16,18H,2,7,10,12,14H2,1H3,(H,29,30)/t16-,18-/m1/s1. The molecule has 0 radical (unpaired) electrons. The number of carboxylic acid groups (broad SMARTS) is 1. The Morgan fingerprint density at radius 2 is 2.16 bits per heavy atom. The molecule has 1 aromatic carbocycles. The van der Waals surface area contributed by atoms with Gasteiger partial charge >= 0.3 is 12.0 Å². The lowest BCUT2D eigenvalue weighted by Gasteiger charge is -2.22. The second-order valence-electron chi connectivity index (χ2n) is 7.84. The van der Waals surface area contributed by atoms with Crippen molar-refractivity contribution in [2.45, 2.75) is 32.3 Å². The summed E-state index contributed by atoms with van der Waals surface area (Å²) in [4.78, 5) is 33.6. The predicted octanol–water partition coefficient (Wildman–Crippen LogP) is 3.58. The van der Waals surface area contributed by atoms with Crippen LogP contribution in [-0.4, -0.2) is 60.9 Å². The van der Waals surface area contributed by atoms with Crippen LogP contribution in [-0.2, 0) is 0 Å². The molecule has 1 aliphatic rings. The van der Waals surface area contributed by atoms with E-state index in [4.69, 9.17) is 9.84 Å². The SMILES string of the molecule is CC[C@H](C[C@H]1CCN(C(=O)n2ccc(C(=O)O)n2)C1)Oc1cccc(-c2ccncn2)c1. The molecule has 2 aromatic heterocycles. The maximum absolute atomic E-state index is 12.6. The molecule has 0 bridgehead atoms. The zero-order chi connectivity index (χ0) is 22.5. The highest BCUT2D eigenvalue weighted by Gasteiger charge is 2.30. The molecule has 0 saturated carbocycles. The average molecular weight is 435 g/mol. The van der Waals surface area contributed by atoms with Crippen molar-refractivity contribution in [1.29, 1.82) is 0 Å². The van der Waals surface area contributed by atoms with Crippen molar-refractivity contribution in [1.82, 2.24) is 24.6 Å². The number of nitrogens with zero attached hydrogens (tertiary/aromatic N) is 5. The third kappa shape index (κ3) is 4.93. The molecule has 3 heterocycles. The summed E-state index contributed by atoms with van der Waals surface area (Å²) < 4.78 is 7.36. The van der Waals surface area contributed by atoms with Gasteiger partial charge < -0.3 is 14.7 Å². The highest BCUT2D eigenvalue weighted by atomic mass is 16.5. The van der Waals surface area contributed by atoms with Gasteiger partial charge in [0.1, 0.15) is 12.1 Å². The first kappa shape index (κ1) is 21.5. The lowest BCUT2D eigenvalue weighted by molar-refractivity contribution is 0.0690. The van der Waals surface area contributed by atoms with Crippen molar-refractivity contribution < 1.29 is 19.4 Å². The first-order chi connectivity index (χ1) is 15.5. The zero-order valence-electron chi connectivity index (χ0n) is 17.8. The molecule has 9 heteroatoms. The van der Waals surface area contributed by atoms with Gasteiger partial charge in [0.05, 0.1) is 11.8 Å². The van der Waals surface area contributed by atoms with Crippen molar-refractivity contribution in [3.8, 4) is 17.0 Å². The number of amides is 1. The molecule has 3 aromatic rings. The quantitative estimate of drug-likeness (QED) is 0.604. The van der Waals surface area contributed by atoms with Gasteiger partial charge in [0.2, 0.25) is 0 Å². The molecule has 0 unspecified atom stereocenters. The van der Waals surface area contributed by atoms with Crippen LogP contribution in [0.5, 0.6) is 5.75 Å². The number of hydrogen-bond acceptors (Lipinski definition) is 6. The van der Waals surface area contributed by atoms with Crippen LogP contribution in [0.1, 0.15) is 36.7 Å². The molecule has 0 spiro atoms. The zero-order valence-corrected chi connectivity index (χ0v) is 17.8. The Hall–Kier alpha value is -3.75. The Morgan fingerprint density at radius 3 is 2.88 bits per heavy atom. The van der Waals surface area contributed by atoms with Gasteiger partial charge in [0, 0.05) is 31.0 Å². The second-order valence-corrected chi connectivity index (χ2v) is 7.84. The minimum Gasteiger partial charge on any atom is -0.490 e. The molecular weight excluding hydrogens is 410 g/mol. The van der Waals surface area contributed by atoms with Gasteiger partial charge in [-0.15, -0.1) is 0 Å². The monoisotopic (exact) mass is 435 g/mol. The number of carbonyl (C=O) groups is 2. The fraction of sp³-hybridized carbons (Fsp3) is 0.348.